The van der Waals surface area contributed by atoms with Gasteiger partial charge in [-0.05, 0) is 12.1 Å². The Balaban J connectivity index is 2.34. The third-order valence-corrected chi connectivity index (χ3v) is 3.38. The SMILES string of the molecule is Nc1c(Cl)ccc2[nH]c(-c3ccccc3)c(N)c12. The molecule has 18 heavy (non-hydrogen) atoms. The molecule has 1 aromatic heterocycles. The van der Waals surface area contributed by atoms with E-state index >= 15 is 0 Å². The molecule has 0 aliphatic heterocycles. The highest BCUT2D eigenvalue weighted by Crippen LogP contribution is 2.38. The maximum absolute atomic E-state index is 6.17. The summed E-state index contributed by atoms with van der Waals surface area (Å²) < 4.78 is 0. The number of nitrogen functional groups attached to an aromatic ring is 2. The second-order valence-electron chi connectivity index (χ2n) is 4.16. The average Bonchev–Trinajstić information content (AvgIpc) is 2.73. The van der Waals surface area contributed by atoms with Gasteiger partial charge in [0.15, 0.2) is 0 Å². The highest BCUT2D eigenvalue weighted by molar-refractivity contribution is 6.35. The number of aromatic amines is 1. The number of H-pyrrole nitrogens is 1. The third-order valence-electron chi connectivity index (χ3n) is 3.05. The van der Waals surface area contributed by atoms with Gasteiger partial charge < -0.3 is 16.5 Å². The Morgan fingerprint density at radius 2 is 1.61 bits per heavy atom. The van der Waals surface area contributed by atoms with Crippen LogP contribution in [-0.2, 0) is 0 Å². The lowest BCUT2D eigenvalue weighted by atomic mass is 10.1. The van der Waals surface area contributed by atoms with Crippen LogP contribution in [0.4, 0.5) is 11.4 Å². The molecule has 0 radical (unpaired) electrons. The zero-order valence-corrected chi connectivity index (χ0v) is 10.3. The minimum absolute atomic E-state index is 0.519. The van der Waals surface area contributed by atoms with Crippen LogP contribution in [0.1, 0.15) is 0 Å². The van der Waals surface area contributed by atoms with Crippen LogP contribution in [0, 0.1) is 0 Å². The molecule has 0 saturated carbocycles. The van der Waals surface area contributed by atoms with Gasteiger partial charge in [0.05, 0.1) is 27.6 Å². The first-order chi connectivity index (χ1) is 8.68. The number of fused-ring (bicyclic) bond motifs is 1. The van der Waals surface area contributed by atoms with Crippen molar-refractivity contribution in [1.82, 2.24) is 4.98 Å². The van der Waals surface area contributed by atoms with Crippen LogP contribution in [0.2, 0.25) is 5.02 Å². The van der Waals surface area contributed by atoms with E-state index in [1.807, 2.05) is 36.4 Å². The second-order valence-corrected chi connectivity index (χ2v) is 4.57. The van der Waals surface area contributed by atoms with Crippen molar-refractivity contribution in [3.63, 3.8) is 0 Å². The number of halogens is 1. The second kappa shape index (κ2) is 3.96. The van der Waals surface area contributed by atoms with E-state index in [0.29, 0.717) is 16.4 Å². The fourth-order valence-corrected chi connectivity index (χ4v) is 2.31. The summed E-state index contributed by atoms with van der Waals surface area (Å²) in [5.41, 5.74) is 16.1. The number of benzene rings is 2. The van der Waals surface area contributed by atoms with Crippen LogP contribution in [0.25, 0.3) is 22.2 Å². The average molecular weight is 258 g/mol. The van der Waals surface area contributed by atoms with Crippen LogP contribution < -0.4 is 11.5 Å². The number of anilines is 2. The van der Waals surface area contributed by atoms with Gasteiger partial charge in [-0.2, -0.15) is 0 Å². The molecule has 4 heteroatoms. The molecule has 90 valence electrons. The summed E-state index contributed by atoms with van der Waals surface area (Å²) in [7, 11) is 0. The topological polar surface area (TPSA) is 67.8 Å². The van der Waals surface area contributed by atoms with Gasteiger partial charge >= 0.3 is 0 Å². The molecule has 5 N–H and O–H groups in total. The summed E-state index contributed by atoms with van der Waals surface area (Å²) in [6, 6.07) is 13.6. The highest BCUT2D eigenvalue weighted by Gasteiger charge is 2.13. The van der Waals surface area contributed by atoms with Gasteiger partial charge in [-0.15, -0.1) is 0 Å². The van der Waals surface area contributed by atoms with E-state index < -0.39 is 0 Å². The summed E-state index contributed by atoms with van der Waals surface area (Å²) in [5.74, 6) is 0. The molecule has 0 aliphatic rings. The summed E-state index contributed by atoms with van der Waals surface area (Å²) in [5, 5.41) is 1.31. The van der Waals surface area contributed by atoms with Gasteiger partial charge in [-0.25, -0.2) is 0 Å². The maximum Gasteiger partial charge on any atom is 0.0699 e. The van der Waals surface area contributed by atoms with Crippen molar-refractivity contribution in [3.05, 3.63) is 47.5 Å². The number of hydrogen-bond donors (Lipinski definition) is 3. The Bertz CT molecular complexity index is 717. The monoisotopic (exact) mass is 257 g/mol. The van der Waals surface area contributed by atoms with Gasteiger partial charge in [-0.3, -0.25) is 0 Å². The third kappa shape index (κ3) is 1.52. The predicted molar refractivity (Wildman–Crippen MR) is 77.6 cm³/mol. The smallest absolute Gasteiger partial charge is 0.0699 e. The fourth-order valence-electron chi connectivity index (χ4n) is 2.15. The van der Waals surface area contributed by atoms with E-state index in [9.17, 15) is 0 Å². The van der Waals surface area contributed by atoms with E-state index in [1.54, 1.807) is 6.07 Å². The van der Waals surface area contributed by atoms with Crippen molar-refractivity contribution < 1.29 is 0 Å². The molecule has 0 spiro atoms. The molecule has 1 heterocycles. The minimum Gasteiger partial charge on any atom is -0.397 e. The van der Waals surface area contributed by atoms with Crippen molar-refractivity contribution in [2.24, 2.45) is 0 Å². The highest BCUT2D eigenvalue weighted by atomic mass is 35.5. The maximum atomic E-state index is 6.17. The van der Waals surface area contributed by atoms with Gasteiger partial charge in [-0.1, -0.05) is 41.9 Å². The van der Waals surface area contributed by atoms with E-state index in [-0.39, 0.29) is 0 Å². The first kappa shape index (κ1) is 11.0. The van der Waals surface area contributed by atoms with Crippen LogP contribution in [0.3, 0.4) is 0 Å². The summed E-state index contributed by atoms with van der Waals surface area (Å²) in [4.78, 5) is 3.28. The van der Waals surface area contributed by atoms with Gasteiger partial charge in [0.2, 0.25) is 0 Å². The number of hydrogen-bond acceptors (Lipinski definition) is 2. The van der Waals surface area contributed by atoms with E-state index in [2.05, 4.69) is 4.98 Å². The lowest BCUT2D eigenvalue weighted by molar-refractivity contribution is 1.45. The Labute approximate surface area is 109 Å². The van der Waals surface area contributed by atoms with Gasteiger partial charge in [0.1, 0.15) is 0 Å². The van der Waals surface area contributed by atoms with Crippen LogP contribution >= 0.6 is 11.6 Å². The zero-order valence-electron chi connectivity index (χ0n) is 9.57. The van der Waals surface area contributed by atoms with Crippen molar-refractivity contribution >= 4 is 33.9 Å². The molecule has 2 aromatic carbocycles. The molecule has 3 aromatic rings. The fraction of sp³-hybridized carbons (Fsp3) is 0. The van der Waals surface area contributed by atoms with Crippen LogP contribution in [0.15, 0.2) is 42.5 Å². The Morgan fingerprint density at radius 3 is 2.33 bits per heavy atom. The molecule has 0 atom stereocenters. The minimum atomic E-state index is 0.519. The molecule has 0 fully saturated rings. The lowest BCUT2D eigenvalue weighted by Crippen LogP contribution is -1.91. The summed E-state index contributed by atoms with van der Waals surface area (Å²) in [6.45, 7) is 0. The zero-order chi connectivity index (χ0) is 12.7. The van der Waals surface area contributed by atoms with Crippen molar-refractivity contribution in [2.45, 2.75) is 0 Å². The Kier molecular flexibility index (Phi) is 2.42. The molecule has 0 bridgehead atoms. The summed E-state index contributed by atoms with van der Waals surface area (Å²) in [6.07, 6.45) is 0. The quantitative estimate of drug-likeness (QED) is 0.583. The largest absolute Gasteiger partial charge is 0.397 e. The van der Waals surface area contributed by atoms with Gasteiger partial charge in [0, 0.05) is 10.9 Å². The van der Waals surface area contributed by atoms with Crippen molar-refractivity contribution in [2.75, 3.05) is 11.5 Å². The first-order valence-electron chi connectivity index (χ1n) is 5.59. The number of aromatic nitrogens is 1. The molecule has 0 saturated heterocycles. The lowest BCUT2D eigenvalue weighted by Gasteiger charge is -2.01. The molecule has 3 rings (SSSR count). The van der Waals surface area contributed by atoms with E-state index in [4.69, 9.17) is 23.1 Å². The predicted octanol–water partition coefficient (Wildman–Crippen LogP) is 3.65. The standard InChI is InChI=1S/C14H12ClN3/c15-9-6-7-10-11(12(9)16)13(17)14(18-10)8-4-2-1-3-5-8/h1-7,18H,16-17H2. The molecule has 0 aliphatic carbocycles. The molecular weight excluding hydrogens is 246 g/mol. The number of rotatable bonds is 1. The van der Waals surface area contributed by atoms with E-state index in [0.717, 1.165) is 22.2 Å². The van der Waals surface area contributed by atoms with Crippen molar-refractivity contribution in [1.29, 1.82) is 0 Å². The molecule has 3 nitrogen and oxygen atoms in total. The Hall–Kier alpha value is -2.13. The number of nitrogens with one attached hydrogen (secondary N) is 1. The molecular formula is C14H12ClN3. The first-order valence-corrected chi connectivity index (χ1v) is 5.97. The normalized spacial score (nSPS) is 10.9. The van der Waals surface area contributed by atoms with Crippen LogP contribution in [-0.4, -0.2) is 4.98 Å². The molecule has 0 amide bonds. The van der Waals surface area contributed by atoms with Crippen LogP contribution in [0.5, 0.6) is 0 Å². The van der Waals surface area contributed by atoms with Gasteiger partial charge in [0.25, 0.3) is 0 Å². The van der Waals surface area contributed by atoms with Crippen molar-refractivity contribution in [3.8, 4) is 11.3 Å². The summed E-state index contributed by atoms with van der Waals surface area (Å²) >= 11 is 6.02. The molecule has 0 unspecified atom stereocenters. The van der Waals surface area contributed by atoms with E-state index in [1.165, 1.54) is 0 Å². The Morgan fingerprint density at radius 1 is 0.889 bits per heavy atom. The number of nitrogens with two attached hydrogens (primary N) is 2.